The summed E-state index contributed by atoms with van der Waals surface area (Å²) < 4.78 is 0. The Labute approximate surface area is 131 Å². The predicted octanol–water partition coefficient (Wildman–Crippen LogP) is 3.90. The zero-order valence-electron chi connectivity index (χ0n) is 13.0. The van der Waals surface area contributed by atoms with E-state index in [1.54, 1.807) is 6.07 Å². The fourth-order valence-corrected chi connectivity index (χ4v) is 2.86. The Morgan fingerprint density at radius 3 is 2.41 bits per heavy atom. The van der Waals surface area contributed by atoms with Crippen molar-refractivity contribution in [2.75, 3.05) is 0 Å². The molecule has 0 unspecified atom stereocenters. The van der Waals surface area contributed by atoms with Crippen LogP contribution in [0.5, 0.6) is 5.75 Å². The summed E-state index contributed by atoms with van der Waals surface area (Å²) in [7, 11) is 0. The molecule has 3 rings (SSSR count). The van der Waals surface area contributed by atoms with Crippen molar-refractivity contribution in [1.82, 2.24) is 5.32 Å². The molecule has 1 aliphatic heterocycles. The number of aliphatic imine (C=N–C) groups is 1. The van der Waals surface area contributed by atoms with Crippen molar-refractivity contribution in [3.8, 4) is 5.75 Å². The lowest BCUT2D eigenvalue weighted by Gasteiger charge is -2.32. The van der Waals surface area contributed by atoms with Crippen LogP contribution in [-0.2, 0) is 0 Å². The summed E-state index contributed by atoms with van der Waals surface area (Å²) in [6.45, 7) is 4.33. The molecule has 0 spiro atoms. The number of nitrogens with one attached hydrogen (secondary N) is 1. The third-order valence-electron chi connectivity index (χ3n) is 4.11. The minimum atomic E-state index is 0.0635. The van der Waals surface area contributed by atoms with Crippen LogP contribution in [0.2, 0.25) is 0 Å². The standard InChI is InChI=1S/C19H22N2O/c1-13(2)19-20-16(14-8-4-3-5-9-14)12-17(21-19)15-10-6-7-11-18(15)22/h3-11,13,17,19,21-22H,12H2,1-2H3/t17-,19-/m0/s1. The minimum Gasteiger partial charge on any atom is -0.508 e. The number of hydrogen-bond donors (Lipinski definition) is 2. The highest BCUT2D eigenvalue weighted by molar-refractivity contribution is 6.01. The van der Waals surface area contributed by atoms with Crippen LogP contribution in [0.4, 0.5) is 0 Å². The van der Waals surface area contributed by atoms with Crippen molar-refractivity contribution in [3.63, 3.8) is 0 Å². The molecule has 2 atom stereocenters. The van der Waals surface area contributed by atoms with Gasteiger partial charge in [0.25, 0.3) is 0 Å². The lowest BCUT2D eigenvalue weighted by molar-refractivity contribution is 0.345. The van der Waals surface area contributed by atoms with E-state index in [0.717, 1.165) is 23.3 Å². The van der Waals surface area contributed by atoms with Crippen molar-refractivity contribution in [1.29, 1.82) is 0 Å². The van der Waals surface area contributed by atoms with E-state index in [0.29, 0.717) is 11.7 Å². The third-order valence-corrected chi connectivity index (χ3v) is 4.11. The number of rotatable bonds is 3. The topological polar surface area (TPSA) is 44.6 Å². The monoisotopic (exact) mass is 294 g/mol. The van der Waals surface area contributed by atoms with E-state index < -0.39 is 0 Å². The van der Waals surface area contributed by atoms with Gasteiger partial charge in [-0.15, -0.1) is 0 Å². The highest BCUT2D eigenvalue weighted by Gasteiger charge is 2.27. The van der Waals surface area contributed by atoms with E-state index in [2.05, 4.69) is 31.3 Å². The van der Waals surface area contributed by atoms with Gasteiger partial charge in [0.1, 0.15) is 11.9 Å². The second-order valence-electron chi connectivity index (χ2n) is 6.11. The molecule has 2 aromatic rings. The van der Waals surface area contributed by atoms with Gasteiger partial charge in [-0.1, -0.05) is 62.4 Å². The van der Waals surface area contributed by atoms with Crippen molar-refractivity contribution in [2.24, 2.45) is 10.9 Å². The lowest BCUT2D eigenvalue weighted by atomic mass is 9.93. The number of phenols is 1. The van der Waals surface area contributed by atoms with E-state index in [1.807, 2.05) is 36.4 Å². The van der Waals surface area contributed by atoms with Crippen LogP contribution in [0.15, 0.2) is 59.6 Å². The van der Waals surface area contributed by atoms with Gasteiger partial charge >= 0.3 is 0 Å². The Kier molecular flexibility index (Phi) is 4.25. The van der Waals surface area contributed by atoms with Gasteiger partial charge in [-0.2, -0.15) is 0 Å². The van der Waals surface area contributed by atoms with Gasteiger partial charge in [0.15, 0.2) is 0 Å². The molecule has 0 bridgehead atoms. The van der Waals surface area contributed by atoms with Crippen LogP contribution in [0, 0.1) is 5.92 Å². The number of para-hydroxylation sites is 1. The van der Waals surface area contributed by atoms with Crippen molar-refractivity contribution in [2.45, 2.75) is 32.5 Å². The molecule has 0 amide bonds. The number of benzene rings is 2. The zero-order valence-corrected chi connectivity index (χ0v) is 13.0. The first-order valence-electron chi connectivity index (χ1n) is 7.81. The minimum absolute atomic E-state index is 0.0635. The summed E-state index contributed by atoms with van der Waals surface area (Å²) in [5.74, 6) is 0.740. The Morgan fingerprint density at radius 1 is 1.05 bits per heavy atom. The second-order valence-corrected chi connectivity index (χ2v) is 6.11. The Balaban J connectivity index is 1.96. The number of phenolic OH excluding ortho intramolecular Hbond substituents is 1. The molecule has 0 saturated heterocycles. The van der Waals surface area contributed by atoms with E-state index >= 15 is 0 Å². The maximum atomic E-state index is 10.2. The molecule has 0 saturated carbocycles. The number of hydrogen-bond acceptors (Lipinski definition) is 3. The van der Waals surface area contributed by atoms with E-state index in [-0.39, 0.29) is 12.2 Å². The van der Waals surface area contributed by atoms with Gasteiger partial charge in [-0.25, -0.2) is 0 Å². The molecule has 22 heavy (non-hydrogen) atoms. The maximum absolute atomic E-state index is 10.2. The summed E-state index contributed by atoms with van der Waals surface area (Å²) in [5.41, 5.74) is 3.21. The van der Waals surface area contributed by atoms with Crippen LogP contribution < -0.4 is 5.32 Å². The van der Waals surface area contributed by atoms with Gasteiger partial charge in [-0.05, 0) is 17.5 Å². The third kappa shape index (κ3) is 3.04. The Hall–Kier alpha value is -2.13. The first kappa shape index (κ1) is 14.8. The lowest BCUT2D eigenvalue weighted by Crippen LogP contribution is -2.41. The average molecular weight is 294 g/mol. The molecule has 2 aromatic carbocycles. The van der Waals surface area contributed by atoms with Crippen LogP contribution in [0.1, 0.15) is 37.4 Å². The fraction of sp³-hybridized carbons (Fsp3) is 0.316. The SMILES string of the molecule is CC(C)[C@H]1N=C(c2ccccc2)C[C@@H](c2ccccc2O)N1. The van der Waals surface area contributed by atoms with Crippen LogP contribution in [0.3, 0.4) is 0 Å². The molecule has 1 aliphatic rings. The summed E-state index contributed by atoms with van der Waals surface area (Å²) >= 11 is 0. The van der Waals surface area contributed by atoms with Gasteiger partial charge in [0.2, 0.25) is 0 Å². The van der Waals surface area contributed by atoms with Crippen molar-refractivity contribution in [3.05, 3.63) is 65.7 Å². The van der Waals surface area contributed by atoms with Crippen LogP contribution in [0.25, 0.3) is 0 Å². The molecule has 2 N–H and O–H groups in total. The Morgan fingerprint density at radius 2 is 1.73 bits per heavy atom. The number of nitrogens with zero attached hydrogens (tertiary/aromatic N) is 1. The summed E-state index contributed by atoms with van der Waals surface area (Å²) in [4.78, 5) is 4.88. The first-order valence-corrected chi connectivity index (χ1v) is 7.81. The van der Waals surface area contributed by atoms with Crippen LogP contribution >= 0.6 is 0 Å². The molecule has 3 nitrogen and oxygen atoms in total. The van der Waals surface area contributed by atoms with Gasteiger partial charge in [0, 0.05) is 23.7 Å². The highest BCUT2D eigenvalue weighted by atomic mass is 16.3. The van der Waals surface area contributed by atoms with Gasteiger partial charge < -0.3 is 5.11 Å². The molecule has 0 aromatic heterocycles. The molecule has 114 valence electrons. The molecule has 1 heterocycles. The van der Waals surface area contributed by atoms with E-state index in [4.69, 9.17) is 4.99 Å². The van der Waals surface area contributed by atoms with Crippen LogP contribution in [-0.4, -0.2) is 17.0 Å². The smallest absolute Gasteiger partial charge is 0.120 e. The summed E-state index contributed by atoms with van der Waals surface area (Å²) in [6, 6.07) is 17.9. The Bertz CT molecular complexity index is 664. The highest BCUT2D eigenvalue weighted by Crippen LogP contribution is 2.31. The number of aromatic hydroxyl groups is 1. The largest absolute Gasteiger partial charge is 0.508 e. The predicted molar refractivity (Wildman–Crippen MR) is 90.2 cm³/mol. The van der Waals surface area contributed by atoms with Crippen molar-refractivity contribution >= 4 is 5.71 Å². The molecule has 0 fully saturated rings. The first-order chi connectivity index (χ1) is 10.6. The van der Waals surface area contributed by atoms with E-state index in [9.17, 15) is 5.11 Å². The molecule has 0 aliphatic carbocycles. The molecule has 0 radical (unpaired) electrons. The molecular formula is C19H22N2O. The zero-order chi connectivity index (χ0) is 15.5. The van der Waals surface area contributed by atoms with Gasteiger partial charge in [-0.3, -0.25) is 10.3 Å². The summed E-state index contributed by atoms with van der Waals surface area (Å²) in [5, 5.41) is 13.7. The summed E-state index contributed by atoms with van der Waals surface area (Å²) in [6.07, 6.45) is 0.846. The average Bonchev–Trinajstić information content (AvgIpc) is 2.55. The van der Waals surface area contributed by atoms with E-state index in [1.165, 1.54) is 0 Å². The molecule has 3 heteroatoms. The van der Waals surface area contributed by atoms with Gasteiger partial charge in [0.05, 0.1) is 0 Å². The fourth-order valence-electron chi connectivity index (χ4n) is 2.86. The quantitative estimate of drug-likeness (QED) is 0.901. The second kappa shape index (κ2) is 6.32. The molecular weight excluding hydrogens is 272 g/mol. The van der Waals surface area contributed by atoms with Crippen molar-refractivity contribution < 1.29 is 5.11 Å². The maximum Gasteiger partial charge on any atom is 0.120 e. The normalized spacial score (nSPS) is 21.7.